The number of likely N-dealkylation sites (tertiary alicyclic amines) is 1. The Morgan fingerprint density at radius 2 is 1.75 bits per heavy atom. The smallest absolute Gasteiger partial charge is 0.230 e. The molecule has 1 amide bonds. The number of nitrogens with one attached hydrogen (secondary N) is 2. The number of piperidine rings is 1. The molecule has 2 aromatic rings. The quantitative estimate of drug-likeness (QED) is 0.833. The second kappa shape index (κ2) is 7.45. The second-order valence-electron chi connectivity index (χ2n) is 6.37. The highest BCUT2D eigenvalue weighted by atomic mass is 16.4. The van der Waals surface area contributed by atoms with E-state index in [1.165, 1.54) is 0 Å². The lowest BCUT2D eigenvalue weighted by atomic mass is 10.1. The van der Waals surface area contributed by atoms with Crippen LogP contribution in [0.4, 0.5) is 5.69 Å². The number of fused-ring (bicyclic) bond motifs is 1. The van der Waals surface area contributed by atoms with Gasteiger partial charge < -0.3 is 20.1 Å². The van der Waals surface area contributed by atoms with Crippen LogP contribution in [0.15, 0.2) is 42.5 Å². The summed E-state index contributed by atoms with van der Waals surface area (Å²) in [6, 6.07) is 12.7. The number of hydrogen-bond acceptors (Lipinski definition) is 3. The highest BCUT2D eigenvalue weighted by molar-refractivity contribution is 6.02. The molecule has 0 saturated carbocycles. The number of amides is 1. The van der Waals surface area contributed by atoms with Gasteiger partial charge in [0.15, 0.2) is 0 Å². The maximum atomic E-state index is 12.4. The Balaban J connectivity index is 1.72. The Hall–Kier alpha value is -2.40. The molecule has 0 aliphatic carbocycles. The van der Waals surface area contributed by atoms with Crippen LogP contribution in [0.3, 0.4) is 0 Å². The minimum absolute atomic E-state index is 0.0547. The Morgan fingerprint density at radius 3 is 2.50 bits per heavy atom. The van der Waals surface area contributed by atoms with Crippen molar-refractivity contribution >= 4 is 28.3 Å². The topological polar surface area (TPSA) is 73.7 Å². The molecular formula is C19H22N2O3. The van der Waals surface area contributed by atoms with E-state index in [0.29, 0.717) is 5.69 Å². The van der Waals surface area contributed by atoms with Gasteiger partial charge in [-0.1, -0.05) is 36.4 Å². The molecule has 1 aliphatic heterocycles. The van der Waals surface area contributed by atoms with Gasteiger partial charge in [-0.25, -0.2) is 0 Å². The molecule has 1 unspecified atom stereocenters. The monoisotopic (exact) mass is 326 g/mol. The molecule has 1 aliphatic rings. The van der Waals surface area contributed by atoms with Crippen LogP contribution in [-0.4, -0.2) is 31.0 Å². The molecule has 1 heterocycles. The van der Waals surface area contributed by atoms with Crippen LogP contribution in [0.2, 0.25) is 0 Å². The summed E-state index contributed by atoms with van der Waals surface area (Å²) < 4.78 is 0. The third-order valence-corrected chi connectivity index (χ3v) is 4.73. The predicted octanol–water partition coefficient (Wildman–Crippen LogP) is 0.356. The molecule has 126 valence electrons. The summed E-state index contributed by atoms with van der Waals surface area (Å²) in [6.07, 6.45) is 3.08. The summed E-state index contributed by atoms with van der Waals surface area (Å²) in [4.78, 5) is 24.8. The Labute approximate surface area is 141 Å². The fourth-order valence-corrected chi connectivity index (χ4v) is 3.47. The maximum Gasteiger partial charge on any atom is 0.230 e. The first-order valence-corrected chi connectivity index (χ1v) is 8.48. The number of aliphatic carboxylic acids is 1. The standard InChI is InChI=1S/C19H22N2O3/c22-18(13-17(19(23)24)21-11-4-1-5-12-21)20-16-10-6-8-14-7-2-3-9-15(14)16/h2-3,6-10,17H,1,4-5,11-13H2,(H,20,22)(H,23,24). The van der Waals surface area contributed by atoms with Gasteiger partial charge in [0.2, 0.25) is 5.91 Å². The first-order valence-electron chi connectivity index (χ1n) is 8.48. The zero-order valence-electron chi connectivity index (χ0n) is 13.6. The normalized spacial score (nSPS) is 16.7. The Kier molecular flexibility index (Phi) is 5.11. The van der Waals surface area contributed by atoms with Gasteiger partial charge in [-0.15, -0.1) is 0 Å². The average Bonchev–Trinajstić information content (AvgIpc) is 2.60. The molecule has 1 saturated heterocycles. The van der Waals surface area contributed by atoms with Gasteiger partial charge in [-0.2, -0.15) is 0 Å². The van der Waals surface area contributed by atoms with Gasteiger partial charge in [0.05, 0.1) is 25.5 Å². The van der Waals surface area contributed by atoms with Crippen molar-refractivity contribution in [3.8, 4) is 0 Å². The van der Waals surface area contributed by atoms with Gasteiger partial charge in [-0.3, -0.25) is 4.79 Å². The molecule has 0 aromatic heterocycles. The number of carbonyl (C=O) groups excluding carboxylic acids is 2. The van der Waals surface area contributed by atoms with Crippen LogP contribution in [0.25, 0.3) is 10.8 Å². The van der Waals surface area contributed by atoms with E-state index in [0.717, 1.165) is 48.0 Å². The van der Waals surface area contributed by atoms with Crippen molar-refractivity contribution in [2.24, 2.45) is 0 Å². The molecule has 5 nitrogen and oxygen atoms in total. The van der Waals surface area contributed by atoms with Gasteiger partial charge >= 0.3 is 0 Å². The Bertz CT molecular complexity index is 733. The number of carbonyl (C=O) groups is 2. The molecular weight excluding hydrogens is 304 g/mol. The van der Waals surface area contributed by atoms with E-state index >= 15 is 0 Å². The molecule has 2 N–H and O–H groups in total. The second-order valence-corrected chi connectivity index (χ2v) is 6.37. The molecule has 24 heavy (non-hydrogen) atoms. The van der Waals surface area contributed by atoms with Crippen molar-refractivity contribution in [3.63, 3.8) is 0 Å². The van der Waals surface area contributed by atoms with E-state index < -0.39 is 12.0 Å². The fourth-order valence-electron chi connectivity index (χ4n) is 3.47. The number of benzene rings is 2. The lowest BCUT2D eigenvalue weighted by molar-refractivity contribution is -0.922. The molecule has 3 rings (SSSR count). The lowest BCUT2D eigenvalue weighted by Crippen LogP contribution is -3.18. The number of hydrogen-bond donors (Lipinski definition) is 2. The number of rotatable bonds is 5. The van der Waals surface area contributed by atoms with Crippen LogP contribution < -0.4 is 15.3 Å². The number of carboxylic acid groups (broad SMARTS) is 1. The summed E-state index contributed by atoms with van der Waals surface area (Å²) >= 11 is 0. The van der Waals surface area contributed by atoms with Gasteiger partial charge in [0, 0.05) is 11.1 Å². The van der Waals surface area contributed by atoms with Crippen LogP contribution in [0, 0.1) is 0 Å². The number of anilines is 1. The summed E-state index contributed by atoms with van der Waals surface area (Å²) in [5, 5.41) is 16.3. The number of carboxylic acids is 1. The third-order valence-electron chi connectivity index (χ3n) is 4.73. The predicted molar refractivity (Wildman–Crippen MR) is 90.5 cm³/mol. The molecule has 2 aromatic carbocycles. The van der Waals surface area contributed by atoms with E-state index in [-0.39, 0.29) is 12.3 Å². The van der Waals surface area contributed by atoms with Gasteiger partial charge in [0.1, 0.15) is 6.04 Å². The first kappa shape index (κ1) is 16.5. The third kappa shape index (κ3) is 3.74. The molecule has 0 bridgehead atoms. The van der Waals surface area contributed by atoms with Crippen molar-refractivity contribution in [1.82, 2.24) is 0 Å². The molecule has 1 fully saturated rings. The average molecular weight is 326 g/mol. The highest BCUT2D eigenvalue weighted by Crippen LogP contribution is 2.23. The van der Waals surface area contributed by atoms with E-state index in [2.05, 4.69) is 5.32 Å². The van der Waals surface area contributed by atoms with Crippen molar-refractivity contribution in [1.29, 1.82) is 0 Å². The Morgan fingerprint density at radius 1 is 1.04 bits per heavy atom. The maximum absolute atomic E-state index is 12.4. The highest BCUT2D eigenvalue weighted by Gasteiger charge is 2.28. The zero-order valence-corrected chi connectivity index (χ0v) is 13.6. The summed E-state index contributed by atoms with van der Waals surface area (Å²) in [6.45, 7) is 1.58. The summed E-state index contributed by atoms with van der Waals surface area (Å²) in [7, 11) is 0. The largest absolute Gasteiger partial charge is 0.544 e. The van der Waals surface area contributed by atoms with Crippen LogP contribution in [0.1, 0.15) is 25.7 Å². The zero-order chi connectivity index (χ0) is 16.9. The van der Waals surface area contributed by atoms with Crippen molar-refractivity contribution in [3.05, 3.63) is 42.5 Å². The molecule has 0 spiro atoms. The van der Waals surface area contributed by atoms with Crippen molar-refractivity contribution in [2.75, 3.05) is 18.4 Å². The van der Waals surface area contributed by atoms with Crippen molar-refractivity contribution in [2.45, 2.75) is 31.7 Å². The van der Waals surface area contributed by atoms with E-state index in [4.69, 9.17) is 0 Å². The van der Waals surface area contributed by atoms with Crippen molar-refractivity contribution < 1.29 is 19.6 Å². The van der Waals surface area contributed by atoms with E-state index in [1.807, 2.05) is 42.5 Å². The summed E-state index contributed by atoms with van der Waals surface area (Å²) in [5.41, 5.74) is 0.712. The molecule has 1 atom stereocenters. The van der Waals surface area contributed by atoms with E-state index in [9.17, 15) is 14.7 Å². The minimum atomic E-state index is -1.14. The van der Waals surface area contributed by atoms with Crippen LogP contribution in [-0.2, 0) is 9.59 Å². The van der Waals surface area contributed by atoms with Crippen LogP contribution >= 0.6 is 0 Å². The minimum Gasteiger partial charge on any atom is -0.544 e. The summed E-state index contributed by atoms with van der Waals surface area (Å²) in [5.74, 6) is -1.42. The molecule has 0 radical (unpaired) electrons. The first-order chi connectivity index (χ1) is 11.6. The van der Waals surface area contributed by atoms with Crippen LogP contribution in [0.5, 0.6) is 0 Å². The molecule has 5 heteroatoms. The van der Waals surface area contributed by atoms with E-state index in [1.54, 1.807) is 0 Å². The number of quaternary nitrogens is 1. The van der Waals surface area contributed by atoms with Gasteiger partial charge in [-0.05, 0) is 30.7 Å². The lowest BCUT2D eigenvalue weighted by Gasteiger charge is -2.31. The fraction of sp³-hybridized carbons (Fsp3) is 0.368. The SMILES string of the molecule is O=C(CC(C(=O)[O-])[NH+]1CCCCC1)Nc1cccc2ccccc12. The van der Waals surface area contributed by atoms with Gasteiger partial charge in [0.25, 0.3) is 0 Å².